The van der Waals surface area contributed by atoms with Gasteiger partial charge in [0.1, 0.15) is 27.1 Å². The monoisotopic (exact) mass is 449 g/mol. The van der Waals surface area contributed by atoms with Crippen LogP contribution in [0.4, 0.5) is 0 Å². The molecular weight excluding hydrogens is 426 g/mol. The average Bonchev–Trinajstić information content (AvgIpc) is 3.40. The van der Waals surface area contributed by atoms with Crippen LogP contribution in [0.5, 0.6) is 11.5 Å². The Morgan fingerprint density at radius 3 is 2.53 bits per heavy atom. The van der Waals surface area contributed by atoms with Crippen molar-refractivity contribution in [1.29, 1.82) is 0 Å². The lowest BCUT2D eigenvalue weighted by atomic mass is 10.2. The van der Waals surface area contributed by atoms with Crippen LogP contribution in [0, 0.1) is 13.8 Å². The average molecular weight is 450 g/mol. The van der Waals surface area contributed by atoms with Gasteiger partial charge in [-0.25, -0.2) is 9.67 Å². The van der Waals surface area contributed by atoms with Crippen LogP contribution in [0.25, 0.3) is 16.4 Å². The van der Waals surface area contributed by atoms with Crippen molar-refractivity contribution in [2.24, 2.45) is 0 Å². The lowest BCUT2D eigenvalue weighted by molar-refractivity contribution is 0.0954. The predicted molar refractivity (Wildman–Crippen MR) is 123 cm³/mol. The molecule has 1 amide bonds. The minimum absolute atomic E-state index is 0.183. The molecule has 32 heavy (non-hydrogen) atoms. The summed E-state index contributed by atoms with van der Waals surface area (Å²) in [6, 6.07) is 15.2. The van der Waals surface area contributed by atoms with E-state index in [-0.39, 0.29) is 5.91 Å². The molecule has 2 aromatic carbocycles. The minimum atomic E-state index is -0.183. The SMILES string of the molecule is COc1ccc(-n2nnc(-c3nc(C)c(C(=O)NCc4ccccc4OC)s3)c2C)cc1. The number of methoxy groups -OCH3 is 2. The predicted octanol–water partition coefficient (Wildman–Crippen LogP) is 3.95. The summed E-state index contributed by atoms with van der Waals surface area (Å²) in [7, 11) is 3.24. The van der Waals surface area contributed by atoms with Crippen LogP contribution in [0.3, 0.4) is 0 Å². The van der Waals surface area contributed by atoms with Gasteiger partial charge in [-0.3, -0.25) is 4.79 Å². The molecule has 0 radical (unpaired) electrons. The summed E-state index contributed by atoms with van der Waals surface area (Å²) in [4.78, 5) is 18.0. The molecule has 9 heteroatoms. The highest BCUT2D eigenvalue weighted by molar-refractivity contribution is 7.17. The molecule has 0 aliphatic carbocycles. The molecule has 2 aromatic heterocycles. The minimum Gasteiger partial charge on any atom is -0.497 e. The summed E-state index contributed by atoms with van der Waals surface area (Å²) in [5.74, 6) is 1.32. The molecule has 0 saturated carbocycles. The topological polar surface area (TPSA) is 91.2 Å². The summed E-state index contributed by atoms with van der Waals surface area (Å²) in [6.07, 6.45) is 0. The van der Waals surface area contributed by atoms with Gasteiger partial charge in [-0.1, -0.05) is 23.4 Å². The highest BCUT2D eigenvalue weighted by Gasteiger charge is 2.21. The Morgan fingerprint density at radius 2 is 1.81 bits per heavy atom. The van der Waals surface area contributed by atoms with E-state index in [9.17, 15) is 4.79 Å². The number of amides is 1. The van der Waals surface area contributed by atoms with Gasteiger partial charge >= 0.3 is 0 Å². The number of aryl methyl sites for hydroxylation is 1. The summed E-state index contributed by atoms with van der Waals surface area (Å²) < 4.78 is 12.3. The maximum atomic E-state index is 12.8. The van der Waals surface area contributed by atoms with Gasteiger partial charge in [0.15, 0.2) is 0 Å². The van der Waals surface area contributed by atoms with Crippen LogP contribution in [-0.2, 0) is 6.54 Å². The number of hydrogen-bond donors (Lipinski definition) is 1. The lowest BCUT2D eigenvalue weighted by Gasteiger charge is -2.09. The molecule has 0 bridgehead atoms. The van der Waals surface area contributed by atoms with E-state index < -0.39 is 0 Å². The third-order valence-corrected chi connectivity index (χ3v) is 6.21. The van der Waals surface area contributed by atoms with Gasteiger partial charge in [0.05, 0.1) is 31.3 Å². The molecule has 0 spiro atoms. The molecule has 8 nitrogen and oxygen atoms in total. The number of para-hydroxylation sites is 1. The van der Waals surface area contributed by atoms with Crippen molar-refractivity contribution in [1.82, 2.24) is 25.3 Å². The summed E-state index contributed by atoms with van der Waals surface area (Å²) in [5.41, 5.74) is 3.91. The number of aromatic nitrogens is 4. The number of ether oxygens (including phenoxy) is 2. The van der Waals surface area contributed by atoms with E-state index in [1.54, 1.807) is 18.9 Å². The fourth-order valence-corrected chi connectivity index (χ4v) is 4.33. The molecule has 0 unspecified atom stereocenters. The smallest absolute Gasteiger partial charge is 0.263 e. The highest BCUT2D eigenvalue weighted by Crippen LogP contribution is 2.30. The molecule has 1 N–H and O–H groups in total. The largest absolute Gasteiger partial charge is 0.497 e. The first-order valence-electron chi connectivity index (χ1n) is 9.96. The number of benzene rings is 2. The van der Waals surface area contributed by atoms with Crippen LogP contribution in [-0.4, -0.2) is 40.1 Å². The Bertz CT molecular complexity index is 1250. The molecule has 4 rings (SSSR count). The molecule has 0 fully saturated rings. The zero-order valence-electron chi connectivity index (χ0n) is 18.2. The van der Waals surface area contributed by atoms with E-state index in [1.807, 2.05) is 62.4 Å². The van der Waals surface area contributed by atoms with Crippen molar-refractivity contribution in [2.45, 2.75) is 20.4 Å². The van der Waals surface area contributed by atoms with Gasteiger partial charge in [0.2, 0.25) is 0 Å². The van der Waals surface area contributed by atoms with Crippen molar-refractivity contribution in [3.63, 3.8) is 0 Å². The second-order valence-corrected chi connectivity index (χ2v) is 8.06. The molecule has 0 aliphatic rings. The van der Waals surface area contributed by atoms with Crippen molar-refractivity contribution < 1.29 is 14.3 Å². The molecule has 4 aromatic rings. The highest BCUT2D eigenvalue weighted by atomic mass is 32.1. The third-order valence-electron chi connectivity index (χ3n) is 5.05. The molecule has 164 valence electrons. The van der Waals surface area contributed by atoms with Gasteiger partial charge in [-0.2, -0.15) is 0 Å². The van der Waals surface area contributed by atoms with Gasteiger partial charge < -0.3 is 14.8 Å². The fourth-order valence-electron chi connectivity index (χ4n) is 3.31. The lowest BCUT2D eigenvalue weighted by Crippen LogP contribution is -2.22. The van der Waals surface area contributed by atoms with E-state index in [0.29, 0.717) is 27.8 Å². The van der Waals surface area contributed by atoms with Crippen molar-refractivity contribution in [2.75, 3.05) is 14.2 Å². The molecule has 0 aliphatic heterocycles. The van der Waals surface area contributed by atoms with Crippen LogP contribution < -0.4 is 14.8 Å². The maximum Gasteiger partial charge on any atom is 0.263 e. The van der Waals surface area contributed by atoms with Gasteiger partial charge in [-0.05, 0) is 44.2 Å². The number of nitrogens with one attached hydrogen (secondary N) is 1. The number of thiazole rings is 1. The van der Waals surface area contributed by atoms with Crippen LogP contribution >= 0.6 is 11.3 Å². The van der Waals surface area contributed by atoms with Gasteiger partial charge in [-0.15, -0.1) is 16.4 Å². The third kappa shape index (κ3) is 4.19. The van der Waals surface area contributed by atoms with E-state index in [0.717, 1.165) is 28.4 Å². The Morgan fingerprint density at radius 1 is 1.06 bits per heavy atom. The summed E-state index contributed by atoms with van der Waals surface area (Å²) in [6.45, 7) is 4.11. The van der Waals surface area contributed by atoms with Gasteiger partial charge in [0.25, 0.3) is 5.91 Å². The Labute approximate surface area is 189 Å². The molecule has 2 heterocycles. The Kier molecular flexibility index (Phi) is 6.18. The first-order chi connectivity index (χ1) is 15.5. The van der Waals surface area contributed by atoms with Crippen molar-refractivity contribution >= 4 is 17.2 Å². The summed E-state index contributed by atoms with van der Waals surface area (Å²) in [5, 5.41) is 12.2. The quantitative estimate of drug-likeness (QED) is 0.459. The number of carbonyl (C=O) groups is 1. The standard InChI is InChI=1S/C23H23N5O3S/c1-14-21(22(29)24-13-16-7-5-6-8-19(16)31-4)32-23(25-14)20-15(2)28(27-26-20)17-9-11-18(30-3)12-10-17/h5-12H,13H2,1-4H3,(H,24,29). The zero-order chi connectivity index (χ0) is 22.7. The van der Waals surface area contributed by atoms with E-state index >= 15 is 0 Å². The molecular formula is C23H23N5O3S. The molecule has 0 saturated heterocycles. The van der Waals surface area contributed by atoms with Gasteiger partial charge in [0, 0.05) is 12.1 Å². The Balaban J connectivity index is 1.54. The van der Waals surface area contributed by atoms with Crippen LogP contribution in [0.1, 0.15) is 26.6 Å². The van der Waals surface area contributed by atoms with E-state index in [2.05, 4.69) is 20.6 Å². The van der Waals surface area contributed by atoms with E-state index in [1.165, 1.54) is 11.3 Å². The second kappa shape index (κ2) is 9.19. The zero-order valence-corrected chi connectivity index (χ0v) is 19.1. The number of carbonyl (C=O) groups excluding carboxylic acids is 1. The second-order valence-electron chi connectivity index (χ2n) is 7.06. The molecule has 0 atom stereocenters. The number of rotatable bonds is 7. The first kappa shape index (κ1) is 21.5. The number of nitrogens with zero attached hydrogens (tertiary/aromatic N) is 4. The summed E-state index contributed by atoms with van der Waals surface area (Å²) >= 11 is 1.30. The van der Waals surface area contributed by atoms with Crippen molar-refractivity contribution in [3.05, 3.63) is 70.4 Å². The number of hydrogen-bond acceptors (Lipinski definition) is 7. The van der Waals surface area contributed by atoms with Crippen LogP contribution in [0.2, 0.25) is 0 Å². The normalized spacial score (nSPS) is 10.8. The van der Waals surface area contributed by atoms with Crippen LogP contribution in [0.15, 0.2) is 48.5 Å². The Hall–Kier alpha value is -3.72. The van der Waals surface area contributed by atoms with Crippen molar-refractivity contribution in [3.8, 4) is 27.9 Å². The first-order valence-corrected chi connectivity index (χ1v) is 10.8. The van der Waals surface area contributed by atoms with E-state index in [4.69, 9.17) is 9.47 Å². The fraction of sp³-hybridized carbons (Fsp3) is 0.217. The maximum absolute atomic E-state index is 12.8.